The summed E-state index contributed by atoms with van der Waals surface area (Å²) in [6.45, 7) is 0.151. The summed E-state index contributed by atoms with van der Waals surface area (Å²) in [5.41, 5.74) is 0.778. The number of ether oxygens (including phenoxy) is 3. The molecule has 10 heteroatoms. The van der Waals surface area contributed by atoms with Gasteiger partial charge in [0, 0.05) is 13.2 Å². The monoisotopic (exact) mass is 427 g/mol. The normalized spacial score (nSPS) is 17.3. The van der Waals surface area contributed by atoms with Crippen LogP contribution < -0.4 is 10.1 Å². The van der Waals surface area contributed by atoms with Gasteiger partial charge in [-0.2, -0.15) is 5.10 Å². The Morgan fingerprint density at radius 1 is 1.40 bits per heavy atom. The molecule has 1 aromatic rings. The smallest absolute Gasteiger partial charge is 0.331 e. The van der Waals surface area contributed by atoms with Gasteiger partial charge >= 0.3 is 5.97 Å². The number of carbonyl (C=O) groups is 2. The molecule has 2 rings (SSSR count). The fourth-order valence-corrected chi connectivity index (χ4v) is 2.88. The predicted molar refractivity (Wildman–Crippen MR) is 97.5 cm³/mol. The lowest BCUT2D eigenvalue weighted by Gasteiger charge is -2.06. The standard InChI is InChI=1S/C15H14BrN3O5S/c1-22-8-24-11-4-3-9(5-10(11)16)7-17-19-15-18-14(21)12(25-15)6-13(20)23-2/h3-7H,8H2,1-2H3,(H,18,19,21)/b12-6+,17-7?. The van der Waals surface area contributed by atoms with Crippen LogP contribution in [0.2, 0.25) is 0 Å². The van der Waals surface area contributed by atoms with Crippen molar-refractivity contribution in [3.05, 3.63) is 39.2 Å². The number of esters is 1. The summed E-state index contributed by atoms with van der Waals surface area (Å²) in [4.78, 5) is 23.0. The van der Waals surface area contributed by atoms with E-state index in [4.69, 9.17) is 9.47 Å². The average molecular weight is 428 g/mol. The maximum atomic E-state index is 11.7. The van der Waals surface area contributed by atoms with E-state index in [1.165, 1.54) is 13.3 Å². The SMILES string of the molecule is COCOc1ccc(C=N/N=C2/NC(=O)/C(=C\C(=O)OC)S2)cc1Br. The molecule has 1 aliphatic rings. The fraction of sp³-hybridized carbons (Fsp3) is 0.200. The van der Waals surface area contributed by atoms with Crippen molar-refractivity contribution in [1.82, 2.24) is 5.32 Å². The zero-order valence-electron chi connectivity index (χ0n) is 13.3. The minimum Gasteiger partial charge on any atom is -0.466 e. The number of carbonyl (C=O) groups excluding carboxylic acids is 2. The number of hydrogen-bond acceptors (Lipinski definition) is 8. The van der Waals surface area contributed by atoms with Crippen molar-refractivity contribution < 1.29 is 23.8 Å². The van der Waals surface area contributed by atoms with Gasteiger partial charge in [0.15, 0.2) is 12.0 Å². The van der Waals surface area contributed by atoms with Crippen molar-refractivity contribution in [2.75, 3.05) is 21.0 Å². The Kier molecular flexibility index (Phi) is 7.16. The molecule has 8 nitrogen and oxygen atoms in total. The molecule has 0 unspecified atom stereocenters. The first-order chi connectivity index (χ1) is 12.0. The van der Waals surface area contributed by atoms with E-state index in [-0.39, 0.29) is 16.9 Å². The Morgan fingerprint density at radius 3 is 2.88 bits per heavy atom. The second-order valence-electron chi connectivity index (χ2n) is 4.48. The van der Waals surface area contributed by atoms with E-state index in [9.17, 15) is 9.59 Å². The lowest BCUT2D eigenvalue weighted by molar-refractivity contribution is -0.135. The molecule has 0 aromatic heterocycles. The molecule has 25 heavy (non-hydrogen) atoms. The first-order valence-electron chi connectivity index (χ1n) is 6.84. The summed E-state index contributed by atoms with van der Waals surface area (Å²) >= 11 is 4.40. The van der Waals surface area contributed by atoms with Crippen LogP contribution in [0, 0.1) is 0 Å². The number of thioether (sulfide) groups is 1. The van der Waals surface area contributed by atoms with Crippen molar-refractivity contribution in [2.45, 2.75) is 0 Å². The van der Waals surface area contributed by atoms with Crippen molar-refractivity contribution >= 4 is 51.0 Å². The zero-order chi connectivity index (χ0) is 18.2. The van der Waals surface area contributed by atoms with Crippen LogP contribution >= 0.6 is 27.7 Å². The predicted octanol–water partition coefficient (Wildman–Crippen LogP) is 2.04. The number of halogens is 1. The quantitative estimate of drug-likeness (QED) is 0.245. The van der Waals surface area contributed by atoms with E-state index in [1.807, 2.05) is 0 Å². The number of rotatable bonds is 6. The molecular weight excluding hydrogens is 414 g/mol. The van der Waals surface area contributed by atoms with Crippen LogP contribution in [0.4, 0.5) is 0 Å². The zero-order valence-corrected chi connectivity index (χ0v) is 15.7. The van der Waals surface area contributed by atoms with Crippen molar-refractivity contribution in [2.24, 2.45) is 10.2 Å². The first kappa shape index (κ1) is 19.2. The van der Waals surface area contributed by atoms with Crippen LogP contribution in [-0.4, -0.2) is 44.3 Å². The molecule has 0 radical (unpaired) electrons. The molecule has 1 aliphatic heterocycles. The van der Waals surface area contributed by atoms with Crippen LogP contribution in [0.1, 0.15) is 5.56 Å². The highest BCUT2D eigenvalue weighted by atomic mass is 79.9. The molecule has 1 aromatic carbocycles. The highest BCUT2D eigenvalue weighted by Gasteiger charge is 2.24. The Labute approximate surface area is 156 Å². The Balaban J connectivity index is 2.02. The van der Waals surface area contributed by atoms with Crippen LogP contribution in [-0.2, 0) is 19.1 Å². The molecule has 1 saturated heterocycles. The summed E-state index contributed by atoms with van der Waals surface area (Å²) in [7, 11) is 2.78. The molecule has 0 atom stereocenters. The number of benzene rings is 1. The van der Waals surface area contributed by atoms with Gasteiger partial charge in [0.2, 0.25) is 0 Å². The topological polar surface area (TPSA) is 98.6 Å². The van der Waals surface area contributed by atoms with E-state index in [0.29, 0.717) is 5.75 Å². The lowest BCUT2D eigenvalue weighted by atomic mass is 10.2. The molecule has 132 valence electrons. The summed E-state index contributed by atoms with van der Waals surface area (Å²) in [6.07, 6.45) is 2.62. The van der Waals surface area contributed by atoms with Gasteiger partial charge in [0.1, 0.15) is 5.75 Å². The lowest BCUT2D eigenvalue weighted by Crippen LogP contribution is -2.19. The second-order valence-corrected chi connectivity index (χ2v) is 6.36. The Bertz CT molecular complexity index is 764. The second kappa shape index (κ2) is 9.35. The number of amides is 1. The number of nitrogens with one attached hydrogen (secondary N) is 1. The number of amidine groups is 1. The molecule has 0 spiro atoms. The maximum absolute atomic E-state index is 11.7. The third-order valence-corrected chi connectivity index (χ3v) is 4.26. The summed E-state index contributed by atoms with van der Waals surface area (Å²) in [5.74, 6) is -0.392. The van der Waals surface area contributed by atoms with Crippen molar-refractivity contribution in [3.63, 3.8) is 0 Å². The minimum absolute atomic E-state index is 0.151. The van der Waals surface area contributed by atoms with Crippen molar-refractivity contribution in [3.8, 4) is 5.75 Å². The van der Waals surface area contributed by atoms with Crippen LogP contribution in [0.5, 0.6) is 5.75 Å². The average Bonchev–Trinajstić information content (AvgIpc) is 2.93. The van der Waals surface area contributed by atoms with Gasteiger partial charge in [0.25, 0.3) is 5.91 Å². The van der Waals surface area contributed by atoms with Gasteiger partial charge in [-0.3, -0.25) is 10.1 Å². The van der Waals surface area contributed by atoms with Crippen LogP contribution in [0.15, 0.2) is 43.9 Å². The van der Waals surface area contributed by atoms with Gasteiger partial charge in [-0.05, 0) is 51.5 Å². The molecule has 1 N–H and O–H groups in total. The van der Waals surface area contributed by atoms with Gasteiger partial charge in [0.05, 0.1) is 22.7 Å². The fourth-order valence-electron chi connectivity index (χ4n) is 1.63. The van der Waals surface area contributed by atoms with Gasteiger partial charge in [-0.1, -0.05) is 0 Å². The van der Waals surface area contributed by atoms with E-state index < -0.39 is 11.9 Å². The van der Waals surface area contributed by atoms with E-state index >= 15 is 0 Å². The third-order valence-electron chi connectivity index (χ3n) is 2.74. The first-order valence-corrected chi connectivity index (χ1v) is 8.45. The Morgan fingerprint density at radius 2 is 2.20 bits per heavy atom. The molecule has 1 fully saturated rings. The molecular formula is C15H14BrN3O5S. The Hall–Kier alpha value is -2.17. The number of nitrogens with zero attached hydrogens (tertiary/aromatic N) is 2. The van der Waals surface area contributed by atoms with Crippen LogP contribution in [0.3, 0.4) is 0 Å². The number of methoxy groups -OCH3 is 2. The highest BCUT2D eigenvalue weighted by Crippen LogP contribution is 2.26. The summed E-state index contributed by atoms with van der Waals surface area (Å²) in [5, 5.41) is 10.6. The van der Waals surface area contributed by atoms with E-state index in [1.54, 1.807) is 25.3 Å². The van der Waals surface area contributed by atoms with E-state index in [0.717, 1.165) is 27.9 Å². The maximum Gasteiger partial charge on any atom is 0.331 e. The van der Waals surface area contributed by atoms with Gasteiger partial charge in [-0.15, -0.1) is 5.10 Å². The molecule has 0 saturated carbocycles. The van der Waals surface area contributed by atoms with Crippen LogP contribution in [0.25, 0.3) is 0 Å². The van der Waals surface area contributed by atoms with E-state index in [2.05, 4.69) is 36.2 Å². The number of hydrogen-bond donors (Lipinski definition) is 1. The molecule has 0 aliphatic carbocycles. The molecule has 0 bridgehead atoms. The third kappa shape index (κ3) is 5.69. The summed E-state index contributed by atoms with van der Waals surface area (Å²) < 4.78 is 15.4. The molecule has 1 amide bonds. The summed E-state index contributed by atoms with van der Waals surface area (Å²) in [6, 6.07) is 5.36. The van der Waals surface area contributed by atoms with Gasteiger partial charge < -0.3 is 14.2 Å². The highest BCUT2D eigenvalue weighted by molar-refractivity contribution is 9.10. The van der Waals surface area contributed by atoms with Crippen molar-refractivity contribution in [1.29, 1.82) is 0 Å². The van der Waals surface area contributed by atoms with Gasteiger partial charge in [-0.25, -0.2) is 4.79 Å². The largest absolute Gasteiger partial charge is 0.466 e. The minimum atomic E-state index is -0.608. The molecule has 1 heterocycles.